The third kappa shape index (κ3) is 7.51. The summed E-state index contributed by atoms with van der Waals surface area (Å²) in [5, 5.41) is 11.9. The van der Waals surface area contributed by atoms with Crippen LogP contribution in [0.25, 0.3) is 0 Å². The Kier molecular flexibility index (Phi) is 10.1. The molecular formula is C16H30BN3. The molecule has 0 saturated carbocycles. The van der Waals surface area contributed by atoms with Crippen LogP contribution < -0.4 is 5.43 Å². The van der Waals surface area contributed by atoms with E-state index in [-0.39, 0.29) is 5.41 Å². The number of hydrazone groups is 1. The predicted octanol–water partition coefficient (Wildman–Crippen LogP) is 4.39. The Labute approximate surface area is 126 Å². The highest BCUT2D eigenvalue weighted by molar-refractivity contribution is 6.32. The van der Waals surface area contributed by atoms with Crippen molar-refractivity contribution in [1.82, 2.24) is 5.43 Å². The molecule has 0 bridgehead atoms. The Morgan fingerprint density at radius 3 is 2.30 bits per heavy atom. The Balaban J connectivity index is 4.81. The number of nitrogens with one attached hydrogen (secondary N) is 2. The lowest BCUT2D eigenvalue weighted by Gasteiger charge is -2.29. The van der Waals surface area contributed by atoms with Crippen molar-refractivity contribution in [3.8, 4) is 0 Å². The molecule has 0 aromatic carbocycles. The predicted molar refractivity (Wildman–Crippen MR) is 90.6 cm³/mol. The van der Waals surface area contributed by atoms with Crippen LogP contribution >= 0.6 is 0 Å². The van der Waals surface area contributed by atoms with Crippen molar-refractivity contribution in [2.75, 3.05) is 0 Å². The molecule has 0 saturated heterocycles. The van der Waals surface area contributed by atoms with Gasteiger partial charge in [0.1, 0.15) is 7.85 Å². The fourth-order valence-electron chi connectivity index (χ4n) is 2.36. The van der Waals surface area contributed by atoms with Gasteiger partial charge in [-0.05, 0) is 18.4 Å². The van der Waals surface area contributed by atoms with Crippen LogP contribution in [0.15, 0.2) is 17.3 Å². The van der Waals surface area contributed by atoms with Crippen molar-refractivity contribution in [2.45, 2.75) is 72.1 Å². The van der Waals surface area contributed by atoms with Crippen molar-refractivity contribution < 1.29 is 0 Å². The minimum Gasteiger partial charge on any atom is -0.307 e. The molecule has 0 aromatic rings. The smallest absolute Gasteiger partial charge is 0.139 e. The summed E-state index contributed by atoms with van der Waals surface area (Å²) in [5.41, 5.74) is 3.74. The summed E-state index contributed by atoms with van der Waals surface area (Å²) in [4.78, 5) is 0. The first kappa shape index (κ1) is 18.9. The fourth-order valence-corrected chi connectivity index (χ4v) is 2.36. The molecule has 1 atom stereocenters. The Bertz CT molecular complexity index is 326. The van der Waals surface area contributed by atoms with E-state index in [1.165, 1.54) is 31.9 Å². The molecule has 1 unspecified atom stereocenters. The van der Waals surface area contributed by atoms with Gasteiger partial charge in [-0.2, -0.15) is 5.10 Å². The molecule has 2 N–H and O–H groups in total. The van der Waals surface area contributed by atoms with Gasteiger partial charge >= 0.3 is 0 Å². The lowest BCUT2D eigenvalue weighted by Crippen LogP contribution is -2.31. The lowest BCUT2D eigenvalue weighted by atomic mass is 9.76. The number of unbranched alkanes of at least 4 members (excludes halogenated alkanes) is 4. The molecule has 0 rings (SSSR count). The molecule has 2 radical (unpaired) electrons. The van der Waals surface area contributed by atoms with Crippen molar-refractivity contribution in [3.05, 3.63) is 12.2 Å². The van der Waals surface area contributed by atoms with Gasteiger partial charge in [0.25, 0.3) is 0 Å². The zero-order valence-corrected chi connectivity index (χ0v) is 13.5. The highest BCUT2D eigenvalue weighted by Crippen LogP contribution is 2.32. The van der Waals surface area contributed by atoms with Crippen molar-refractivity contribution >= 4 is 19.8 Å². The summed E-state index contributed by atoms with van der Waals surface area (Å²) in [6, 6.07) is 0. The lowest BCUT2D eigenvalue weighted by molar-refractivity contribution is 0.364. The molecule has 0 fully saturated rings. The van der Waals surface area contributed by atoms with Crippen molar-refractivity contribution in [2.24, 2.45) is 10.5 Å². The van der Waals surface area contributed by atoms with Crippen LogP contribution in [0.1, 0.15) is 72.1 Å². The molecule has 0 amide bonds. The summed E-state index contributed by atoms with van der Waals surface area (Å²) < 4.78 is 0. The molecule has 4 heteroatoms. The summed E-state index contributed by atoms with van der Waals surface area (Å²) in [6.45, 7) is 10.2. The molecule has 20 heavy (non-hydrogen) atoms. The van der Waals surface area contributed by atoms with Gasteiger partial charge in [-0.1, -0.05) is 65.9 Å². The maximum absolute atomic E-state index is 7.65. The Hall–Kier alpha value is -1.06. The van der Waals surface area contributed by atoms with Gasteiger partial charge in [-0.15, -0.1) is 0 Å². The van der Waals surface area contributed by atoms with Crippen LogP contribution in [-0.4, -0.2) is 19.8 Å². The topological polar surface area (TPSA) is 48.2 Å². The van der Waals surface area contributed by atoms with Crippen LogP contribution in [0, 0.1) is 10.8 Å². The van der Waals surface area contributed by atoms with E-state index < -0.39 is 0 Å². The number of rotatable bonds is 12. The summed E-state index contributed by atoms with van der Waals surface area (Å²) in [7, 11) is 5.49. The molecule has 0 aromatic heterocycles. The van der Waals surface area contributed by atoms with Crippen LogP contribution in [0.4, 0.5) is 0 Å². The molecule has 0 aliphatic heterocycles. The second-order valence-corrected chi connectivity index (χ2v) is 5.75. The minimum atomic E-state index is -0.0477. The van der Waals surface area contributed by atoms with Crippen LogP contribution in [0.3, 0.4) is 0 Å². The van der Waals surface area contributed by atoms with Crippen LogP contribution in [-0.2, 0) is 0 Å². The van der Waals surface area contributed by atoms with E-state index in [1.807, 2.05) is 0 Å². The standard InChI is InChI=1S/C16H30BN3/c1-5-7-9-10-12-16(4,11-8-6-2)15(13-18)20-19-14(3)17/h13,18-19H,3,5-12H2,1-2,4H3. The van der Waals surface area contributed by atoms with E-state index in [9.17, 15) is 0 Å². The van der Waals surface area contributed by atoms with Crippen LogP contribution in [0.5, 0.6) is 0 Å². The zero-order chi connectivity index (χ0) is 15.4. The zero-order valence-electron chi connectivity index (χ0n) is 13.5. The number of nitrogens with zero attached hydrogens (tertiary/aromatic N) is 1. The summed E-state index contributed by atoms with van der Waals surface area (Å²) >= 11 is 0. The van der Waals surface area contributed by atoms with Gasteiger partial charge in [-0.25, -0.2) is 0 Å². The molecule has 0 spiro atoms. The largest absolute Gasteiger partial charge is 0.307 e. The third-order valence-corrected chi connectivity index (χ3v) is 3.74. The maximum atomic E-state index is 7.65. The fraction of sp³-hybridized carbons (Fsp3) is 0.750. The maximum Gasteiger partial charge on any atom is 0.139 e. The molecule has 112 valence electrons. The minimum absolute atomic E-state index is 0.0477. The van der Waals surface area contributed by atoms with E-state index in [2.05, 4.69) is 37.9 Å². The molecule has 0 aliphatic rings. The Morgan fingerprint density at radius 2 is 1.80 bits per heavy atom. The molecular weight excluding hydrogens is 245 g/mol. The first-order valence-electron chi connectivity index (χ1n) is 7.79. The molecule has 0 aliphatic carbocycles. The first-order chi connectivity index (χ1) is 9.50. The normalized spacial score (nSPS) is 14.7. The van der Waals surface area contributed by atoms with Crippen molar-refractivity contribution in [1.29, 1.82) is 5.41 Å². The third-order valence-electron chi connectivity index (χ3n) is 3.74. The second kappa shape index (κ2) is 10.7. The highest BCUT2D eigenvalue weighted by atomic mass is 15.3. The quantitative estimate of drug-likeness (QED) is 0.236. The van der Waals surface area contributed by atoms with E-state index in [0.717, 1.165) is 31.4 Å². The average Bonchev–Trinajstić information content (AvgIpc) is 2.42. The van der Waals surface area contributed by atoms with E-state index in [0.29, 0.717) is 5.60 Å². The van der Waals surface area contributed by atoms with Gasteiger partial charge in [-0.3, -0.25) is 5.43 Å². The van der Waals surface area contributed by atoms with Crippen molar-refractivity contribution in [3.63, 3.8) is 0 Å². The van der Waals surface area contributed by atoms with E-state index >= 15 is 0 Å². The van der Waals surface area contributed by atoms with Crippen LogP contribution in [0.2, 0.25) is 0 Å². The molecule has 0 heterocycles. The van der Waals surface area contributed by atoms with Gasteiger partial charge in [0, 0.05) is 11.6 Å². The number of hydrogen-bond donors (Lipinski definition) is 2. The monoisotopic (exact) mass is 275 g/mol. The first-order valence-corrected chi connectivity index (χ1v) is 7.79. The van der Waals surface area contributed by atoms with E-state index in [1.54, 1.807) is 0 Å². The van der Waals surface area contributed by atoms with Gasteiger partial charge in [0.05, 0.1) is 5.71 Å². The summed E-state index contributed by atoms with van der Waals surface area (Å²) in [6.07, 6.45) is 10.7. The SMILES string of the molecule is [B]C(=C)NN=C(C=N)C(C)(CCCC)CCCCCC. The second-order valence-electron chi connectivity index (χ2n) is 5.75. The number of hydrogen-bond acceptors (Lipinski definition) is 3. The molecule has 3 nitrogen and oxygen atoms in total. The highest BCUT2D eigenvalue weighted by Gasteiger charge is 2.28. The van der Waals surface area contributed by atoms with Gasteiger partial charge < -0.3 is 5.41 Å². The Morgan fingerprint density at radius 1 is 1.20 bits per heavy atom. The van der Waals surface area contributed by atoms with Gasteiger partial charge in [0.2, 0.25) is 0 Å². The summed E-state index contributed by atoms with van der Waals surface area (Å²) in [5.74, 6) is 0. The average molecular weight is 275 g/mol. The van der Waals surface area contributed by atoms with E-state index in [4.69, 9.17) is 13.3 Å². The van der Waals surface area contributed by atoms with Gasteiger partial charge in [0.15, 0.2) is 0 Å².